The summed E-state index contributed by atoms with van der Waals surface area (Å²) in [6.07, 6.45) is 0.604. The summed E-state index contributed by atoms with van der Waals surface area (Å²) in [7, 11) is 3.93. The molecular formula is C14H20N2O3. The first-order valence-corrected chi connectivity index (χ1v) is 6.23. The Balaban J connectivity index is 2.56. The van der Waals surface area contributed by atoms with Gasteiger partial charge in [0.25, 0.3) is 0 Å². The van der Waals surface area contributed by atoms with E-state index < -0.39 is 5.97 Å². The smallest absolute Gasteiger partial charge is 0.303 e. The van der Waals surface area contributed by atoms with Gasteiger partial charge in [-0.25, -0.2) is 0 Å². The molecule has 0 spiro atoms. The molecule has 104 valence electrons. The molecule has 0 radical (unpaired) electrons. The van der Waals surface area contributed by atoms with Crippen LogP contribution in [-0.2, 0) is 16.1 Å². The lowest BCUT2D eigenvalue weighted by molar-refractivity contribution is -0.137. The maximum absolute atomic E-state index is 11.7. The Bertz CT molecular complexity index is 444. The molecule has 0 aliphatic carbocycles. The first kappa shape index (κ1) is 15.2. The molecule has 0 bridgehead atoms. The lowest BCUT2D eigenvalue weighted by Gasteiger charge is -2.14. The normalized spacial score (nSPS) is 10.5. The van der Waals surface area contributed by atoms with E-state index in [1.807, 2.05) is 43.3 Å². The number of carbonyl (C=O) groups is 2. The van der Waals surface area contributed by atoms with Crippen LogP contribution in [0, 0.1) is 0 Å². The molecule has 0 aliphatic heterocycles. The molecule has 0 saturated heterocycles. The minimum atomic E-state index is -0.874. The minimum Gasteiger partial charge on any atom is -0.481 e. The van der Waals surface area contributed by atoms with Crippen LogP contribution >= 0.6 is 0 Å². The summed E-state index contributed by atoms with van der Waals surface area (Å²) in [4.78, 5) is 24.1. The fraction of sp³-hybridized carbons (Fsp3) is 0.429. The molecule has 1 rings (SSSR count). The molecular weight excluding hydrogens is 244 g/mol. The number of rotatable bonds is 7. The summed E-state index contributed by atoms with van der Waals surface area (Å²) in [5.74, 6) is -1.02. The van der Waals surface area contributed by atoms with Crippen LogP contribution in [0.5, 0.6) is 0 Å². The average Bonchev–Trinajstić information content (AvgIpc) is 2.30. The quantitative estimate of drug-likeness (QED) is 0.789. The number of aliphatic carboxylic acids is 1. The molecule has 0 fully saturated rings. The van der Waals surface area contributed by atoms with E-state index >= 15 is 0 Å². The zero-order valence-electron chi connectivity index (χ0n) is 11.3. The number of hydrogen-bond donors (Lipinski definition) is 2. The Morgan fingerprint density at radius 1 is 1.21 bits per heavy atom. The number of carbonyl (C=O) groups excluding carboxylic acids is 1. The second-order valence-electron chi connectivity index (χ2n) is 4.69. The van der Waals surface area contributed by atoms with E-state index in [0.717, 1.165) is 17.8 Å². The van der Waals surface area contributed by atoms with Gasteiger partial charge in [0.15, 0.2) is 0 Å². The molecule has 0 aromatic heterocycles. The van der Waals surface area contributed by atoms with Crippen molar-refractivity contribution in [1.29, 1.82) is 0 Å². The van der Waals surface area contributed by atoms with Crippen LogP contribution in [0.1, 0.15) is 24.8 Å². The molecule has 19 heavy (non-hydrogen) atoms. The van der Waals surface area contributed by atoms with E-state index in [1.165, 1.54) is 0 Å². The number of amides is 1. The highest BCUT2D eigenvalue weighted by Gasteiger charge is 2.08. The summed E-state index contributed by atoms with van der Waals surface area (Å²) in [5, 5.41) is 11.4. The standard InChI is InChI=1S/C14H20N2O3/c1-16(2)10-11-6-3-4-7-12(11)15-13(17)8-5-9-14(18)19/h3-4,6-7H,5,8-10H2,1-2H3,(H,15,17)(H,18,19). The lowest BCUT2D eigenvalue weighted by Crippen LogP contribution is -2.16. The van der Waals surface area contributed by atoms with Gasteiger partial charge in [-0.1, -0.05) is 18.2 Å². The van der Waals surface area contributed by atoms with Gasteiger partial charge in [-0.3, -0.25) is 9.59 Å². The van der Waals surface area contributed by atoms with Crippen LogP contribution in [0.3, 0.4) is 0 Å². The molecule has 0 heterocycles. The first-order chi connectivity index (χ1) is 8.99. The molecule has 1 amide bonds. The van der Waals surface area contributed by atoms with Gasteiger partial charge in [0.05, 0.1) is 0 Å². The highest BCUT2D eigenvalue weighted by atomic mass is 16.4. The predicted molar refractivity (Wildman–Crippen MR) is 73.9 cm³/mol. The number of benzene rings is 1. The van der Waals surface area contributed by atoms with Crippen LogP contribution in [0.15, 0.2) is 24.3 Å². The summed E-state index contributed by atoms with van der Waals surface area (Å²) in [6.45, 7) is 0.742. The SMILES string of the molecule is CN(C)Cc1ccccc1NC(=O)CCCC(=O)O. The third-order valence-electron chi connectivity index (χ3n) is 2.57. The van der Waals surface area contributed by atoms with E-state index in [9.17, 15) is 9.59 Å². The van der Waals surface area contributed by atoms with Crippen molar-refractivity contribution in [2.24, 2.45) is 0 Å². The number of anilines is 1. The molecule has 5 heteroatoms. The van der Waals surface area contributed by atoms with Crippen molar-refractivity contribution in [2.75, 3.05) is 19.4 Å². The van der Waals surface area contributed by atoms with Gasteiger partial charge in [-0.15, -0.1) is 0 Å². The Kier molecular flexibility index (Phi) is 6.02. The van der Waals surface area contributed by atoms with E-state index in [-0.39, 0.29) is 18.7 Å². The number of nitrogens with one attached hydrogen (secondary N) is 1. The second kappa shape index (κ2) is 7.53. The molecule has 1 aromatic rings. The molecule has 0 unspecified atom stereocenters. The largest absolute Gasteiger partial charge is 0.481 e. The third kappa shape index (κ3) is 6.01. The van der Waals surface area contributed by atoms with Crippen molar-refractivity contribution < 1.29 is 14.7 Å². The van der Waals surface area contributed by atoms with E-state index in [4.69, 9.17) is 5.11 Å². The number of carboxylic acids is 1. The molecule has 0 atom stereocenters. The maximum Gasteiger partial charge on any atom is 0.303 e. The van der Waals surface area contributed by atoms with Gasteiger partial charge in [-0.05, 0) is 32.1 Å². The van der Waals surface area contributed by atoms with Gasteiger partial charge in [0.1, 0.15) is 0 Å². The number of para-hydroxylation sites is 1. The van der Waals surface area contributed by atoms with Crippen LogP contribution in [0.2, 0.25) is 0 Å². The summed E-state index contributed by atoms with van der Waals surface area (Å²) >= 11 is 0. The fourth-order valence-electron chi connectivity index (χ4n) is 1.73. The topological polar surface area (TPSA) is 69.6 Å². The first-order valence-electron chi connectivity index (χ1n) is 6.23. The van der Waals surface area contributed by atoms with Gasteiger partial charge in [-0.2, -0.15) is 0 Å². The van der Waals surface area contributed by atoms with E-state index in [1.54, 1.807) is 0 Å². The molecule has 5 nitrogen and oxygen atoms in total. The van der Waals surface area contributed by atoms with Crippen LogP contribution < -0.4 is 5.32 Å². The number of carboxylic acid groups (broad SMARTS) is 1. The van der Waals surface area contributed by atoms with Crippen molar-refractivity contribution >= 4 is 17.6 Å². The van der Waals surface area contributed by atoms with E-state index in [2.05, 4.69) is 5.32 Å². The van der Waals surface area contributed by atoms with Crippen molar-refractivity contribution in [3.63, 3.8) is 0 Å². The van der Waals surface area contributed by atoms with E-state index in [0.29, 0.717) is 6.42 Å². The van der Waals surface area contributed by atoms with Crippen molar-refractivity contribution in [2.45, 2.75) is 25.8 Å². The fourth-order valence-corrected chi connectivity index (χ4v) is 1.73. The molecule has 1 aromatic carbocycles. The third-order valence-corrected chi connectivity index (χ3v) is 2.57. The Labute approximate surface area is 113 Å². The predicted octanol–water partition coefficient (Wildman–Crippen LogP) is 1.94. The number of hydrogen-bond acceptors (Lipinski definition) is 3. The molecule has 0 saturated carbocycles. The Hall–Kier alpha value is -1.88. The maximum atomic E-state index is 11.7. The van der Waals surface area contributed by atoms with Crippen LogP contribution in [-0.4, -0.2) is 36.0 Å². The van der Waals surface area contributed by atoms with Crippen LogP contribution in [0.4, 0.5) is 5.69 Å². The average molecular weight is 264 g/mol. The van der Waals surface area contributed by atoms with Gasteiger partial charge in [0.2, 0.25) is 5.91 Å². The molecule has 2 N–H and O–H groups in total. The number of nitrogens with zero attached hydrogens (tertiary/aromatic N) is 1. The lowest BCUT2D eigenvalue weighted by atomic mass is 10.1. The Morgan fingerprint density at radius 3 is 2.53 bits per heavy atom. The highest BCUT2D eigenvalue weighted by molar-refractivity contribution is 5.91. The monoisotopic (exact) mass is 264 g/mol. The van der Waals surface area contributed by atoms with Crippen molar-refractivity contribution in [3.05, 3.63) is 29.8 Å². The summed E-state index contributed by atoms with van der Waals surface area (Å²) in [6, 6.07) is 7.62. The zero-order chi connectivity index (χ0) is 14.3. The Morgan fingerprint density at radius 2 is 1.89 bits per heavy atom. The zero-order valence-corrected chi connectivity index (χ0v) is 11.3. The van der Waals surface area contributed by atoms with Gasteiger partial charge in [0, 0.05) is 25.1 Å². The van der Waals surface area contributed by atoms with Gasteiger partial charge < -0.3 is 15.3 Å². The second-order valence-corrected chi connectivity index (χ2v) is 4.69. The minimum absolute atomic E-state index is 0.0206. The highest BCUT2D eigenvalue weighted by Crippen LogP contribution is 2.16. The molecule has 0 aliphatic rings. The van der Waals surface area contributed by atoms with Gasteiger partial charge >= 0.3 is 5.97 Å². The summed E-state index contributed by atoms with van der Waals surface area (Å²) < 4.78 is 0. The van der Waals surface area contributed by atoms with Crippen molar-refractivity contribution in [3.8, 4) is 0 Å². The van der Waals surface area contributed by atoms with Crippen LogP contribution in [0.25, 0.3) is 0 Å². The van der Waals surface area contributed by atoms with Crippen molar-refractivity contribution in [1.82, 2.24) is 4.90 Å². The summed E-state index contributed by atoms with van der Waals surface area (Å²) in [5.41, 5.74) is 1.83.